The predicted molar refractivity (Wildman–Crippen MR) is 91.5 cm³/mol. The van der Waals surface area contributed by atoms with Crippen LogP contribution in [0.3, 0.4) is 0 Å². The summed E-state index contributed by atoms with van der Waals surface area (Å²) in [5, 5.41) is 0. The molecule has 0 rings (SSSR count). The monoisotopic (exact) mass is 260 g/mol. The highest BCUT2D eigenvalue weighted by atomic mass is 14.0. The van der Waals surface area contributed by atoms with Gasteiger partial charge in [-0.15, -0.1) is 0 Å². The van der Waals surface area contributed by atoms with Crippen LogP contribution in [-0.2, 0) is 0 Å². The number of unbranched alkanes of at least 4 members (excludes halogenated alkanes) is 4. The molecule has 0 nitrogen and oxygen atoms in total. The zero-order valence-corrected chi connectivity index (χ0v) is 15.2. The molecule has 0 bridgehead atoms. The molecule has 0 spiro atoms. The maximum Gasteiger partial charge on any atom is -0.0422 e. The molecule has 0 radical (unpaired) electrons. The van der Waals surface area contributed by atoms with E-state index in [0.29, 0.717) is 0 Å². The van der Waals surface area contributed by atoms with Crippen molar-refractivity contribution in [2.45, 2.75) is 114 Å². The van der Waals surface area contributed by atoms with Gasteiger partial charge in [-0.05, 0) is 5.92 Å². The van der Waals surface area contributed by atoms with Crippen LogP contribution >= 0.6 is 0 Å². The highest BCUT2D eigenvalue weighted by molar-refractivity contribution is 4.48. The molecule has 0 amide bonds. The number of hydrogen-bond acceptors (Lipinski definition) is 0. The Hall–Kier alpha value is 0. The quantitative estimate of drug-likeness (QED) is 0.409. The van der Waals surface area contributed by atoms with E-state index in [1.165, 1.54) is 51.4 Å². The lowest BCUT2D eigenvalue weighted by molar-refractivity contribution is 0.477. The summed E-state index contributed by atoms with van der Waals surface area (Å²) in [6.45, 7) is 19.3. The zero-order chi connectivity index (χ0) is 15.2. The summed E-state index contributed by atoms with van der Waals surface area (Å²) < 4.78 is 0. The third-order valence-electron chi connectivity index (χ3n) is 2.94. The topological polar surface area (TPSA) is 0 Å². The molecule has 0 saturated heterocycles. The Morgan fingerprint density at radius 2 is 0.778 bits per heavy atom. The van der Waals surface area contributed by atoms with Gasteiger partial charge in [0.1, 0.15) is 0 Å². The van der Waals surface area contributed by atoms with Crippen LogP contribution in [-0.4, -0.2) is 0 Å². The van der Waals surface area contributed by atoms with Gasteiger partial charge in [-0.1, -0.05) is 114 Å². The van der Waals surface area contributed by atoms with Gasteiger partial charge in [0.2, 0.25) is 0 Å². The van der Waals surface area contributed by atoms with Crippen LogP contribution in [0.4, 0.5) is 0 Å². The van der Waals surface area contributed by atoms with E-state index < -0.39 is 0 Å². The highest BCUT2D eigenvalue weighted by Gasteiger charge is 1.95. The largest absolute Gasteiger partial charge is 0.0683 e. The van der Waals surface area contributed by atoms with Gasteiger partial charge in [-0.2, -0.15) is 0 Å². The van der Waals surface area contributed by atoms with E-state index in [1.807, 2.05) is 27.7 Å². The van der Waals surface area contributed by atoms with Crippen LogP contribution < -0.4 is 0 Å². The molecule has 0 aromatic heterocycles. The van der Waals surface area contributed by atoms with Crippen LogP contribution in [0.5, 0.6) is 0 Å². The molecule has 0 aliphatic rings. The first-order chi connectivity index (χ1) is 8.76. The normalized spacial score (nSPS) is 8.33. The van der Waals surface area contributed by atoms with Crippen molar-refractivity contribution >= 4 is 0 Å². The van der Waals surface area contributed by atoms with Crippen LogP contribution in [0.2, 0.25) is 0 Å². The average Bonchev–Trinajstić information content (AvgIpc) is 2.46. The zero-order valence-electron chi connectivity index (χ0n) is 15.2. The molecule has 18 heavy (non-hydrogen) atoms. The van der Waals surface area contributed by atoms with E-state index in [0.717, 1.165) is 5.92 Å². The minimum atomic E-state index is 0.986. The van der Waals surface area contributed by atoms with Crippen molar-refractivity contribution in [3.8, 4) is 0 Å². The van der Waals surface area contributed by atoms with Crippen LogP contribution in [0.25, 0.3) is 0 Å². The Morgan fingerprint density at radius 3 is 0.889 bits per heavy atom. The Morgan fingerprint density at radius 1 is 0.500 bits per heavy atom. The van der Waals surface area contributed by atoms with Gasteiger partial charge in [0, 0.05) is 0 Å². The van der Waals surface area contributed by atoms with E-state index in [4.69, 9.17) is 0 Å². The molecule has 0 saturated carbocycles. The third kappa shape index (κ3) is 36.0. The van der Waals surface area contributed by atoms with Crippen LogP contribution in [0.15, 0.2) is 0 Å². The van der Waals surface area contributed by atoms with E-state index >= 15 is 0 Å². The van der Waals surface area contributed by atoms with Gasteiger partial charge in [-0.3, -0.25) is 0 Å². The third-order valence-corrected chi connectivity index (χ3v) is 2.94. The van der Waals surface area contributed by atoms with Crippen LogP contribution in [0, 0.1) is 5.92 Å². The predicted octanol–water partition coefficient (Wildman–Crippen LogP) is 7.86. The molecule has 0 heteroatoms. The Balaban J connectivity index is -0.0000000851. The van der Waals surface area contributed by atoms with Gasteiger partial charge >= 0.3 is 0 Å². The van der Waals surface area contributed by atoms with Crippen molar-refractivity contribution in [1.29, 1.82) is 0 Å². The second kappa shape index (κ2) is 36.0. The van der Waals surface area contributed by atoms with Crippen molar-refractivity contribution < 1.29 is 0 Å². The lowest BCUT2D eigenvalue weighted by Gasteiger charge is -2.05. The fourth-order valence-electron chi connectivity index (χ4n) is 1.54. The summed E-state index contributed by atoms with van der Waals surface area (Å²) in [5.41, 5.74) is 0. The molecule has 0 aliphatic carbocycles. The maximum atomic E-state index is 2.26. The first-order valence-corrected chi connectivity index (χ1v) is 8.76. The summed E-state index contributed by atoms with van der Waals surface area (Å²) in [5.74, 6) is 0.986. The lowest BCUT2D eigenvalue weighted by Crippen LogP contribution is -1.91. The van der Waals surface area contributed by atoms with Crippen molar-refractivity contribution in [3.05, 3.63) is 0 Å². The van der Waals surface area contributed by atoms with Crippen molar-refractivity contribution in [3.63, 3.8) is 0 Å². The average molecular weight is 261 g/mol. The van der Waals surface area contributed by atoms with E-state index in [-0.39, 0.29) is 0 Å². The smallest absolute Gasteiger partial charge is 0.0422 e. The van der Waals surface area contributed by atoms with Gasteiger partial charge in [-0.25, -0.2) is 0 Å². The fourth-order valence-corrected chi connectivity index (χ4v) is 1.54. The van der Waals surface area contributed by atoms with Crippen molar-refractivity contribution in [2.75, 3.05) is 0 Å². The molecule has 0 aliphatic heterocycles. The lowest BCUT2D eigenvalue weighted by atomic mass is 10.0. The van der Waals surface area contributed by atoms with Gasteiger partial charge in [0.15, 0.2) is 0 Å². The molecule has 0 aromatic rings. The first-order valence-electron chi connectivity index (χ1n) is 8.76. The maximum absolute atomic E-state index is 2.26. The van der Waals surface area contributed by atoms with Gasteiger partial charge < -0.3 is 0 Å². The van der Waals surface area contributed by atoms with Crippen molar-refractivity contribution in [1.82, 2.24) is 0 Å². The molecule has 0 atom stereocenters. The number of hydrogen-bond donors (Lipinski definition) is 0. The summed E-state index contributed by atoms with van der Waals surface area (Å²) in [6, 6.07) is 0. The summed E-state index contributed by atoms with van der Waals surface area (Å²) in [7, 11) is 0. The van der Waals surface area contributed by atoms with Gasteiger partial charge in [0.25, 0.3) is 0 Å². The molecule has 0 heterocycles. The van der Waals surface area contributed by atoms with E-state index in [2.05, 4.69) is 34.6 Å². The molecular weight excluding hydrogens is 216 g/mol. The Bertz CT molecular complexity index is 62.6. The second-order valence-corrected chi connectivity index (χ2v) is 4.15. The minimum Gasteiger partial charge on any atom is -0.0683 e. The van der Waals surface area contributed by atoms with Crippen molar-refractivity contribution in [2.24, 2.45) is 5.92 Å². The molecule has 0 N–H and O–H groups in total. The Kier molecular flexibility index (Phi) is 53.0. The van der Waals surface area contributed by atoms with Gasteiger partial charge in [0.05, 0.1) is 0 Å². The summed E-state index contributed by atoms with van der Waals surface area (Å²) >= 11 is 0. The molecular formula is C18H44. The van der Waals surface area contributed by atoms with E-state index in [1.54, 1.807) is 0 Å². The molecule has 0 fully saturated rings. The minimum absolute atomic E-state index is 0.986. The summed E-state index contributed by atoms with van der Waals surface area (Å²) in [4.78, 5) is 0. The summed E-state index contributed by atoms with van der Waals surface area (Å²) in [6.07, 6.45) is 11.1. The first kappa shape index (κ1) is 26.5. The second-order valence-electron chi connectivity index (χ2n) is 4.15. The molecule has 0 aromatic carbocycles. The SMILES string of the molecule is CC.CC.CCC(CC)CC.CCCCCCC. The fraction of sp³-hybridized carbons (Fsp3) is 1.00. The van der Waals surface area contributed by atoms with Crippen LogP contribution in [0.1, 0.15) is 114 Å². The highest BCUT2D eigenvalue weighted by Crippen LogP contribution is 2.10. The molecule has 116 valence electrons. The standard InChI is InChI=1S/2C7H16.2C2H6/c1-4-7(5-2)6-3;1-3-5-7-6-4-2;2*1-2/h7H,4-6H2,1-3H3;3-7H2,1-2H3;2*1-2H3. The Labute approximate surface area is 120 Å². The molecule has 0 unspecified atom stereocenters. The van der Waals surface area contributed by atoms with E-state index in [9.17, 15) is 0 Å². The number of rotatable bonds is 7.